The molecule has 1 aromatic carbocycles. The molecule has 3 atom stereocenters. The fraction of sp³-hybridized carbons (Fsp3) is 0.655. The third kappa shape index (κ3) is 9.03. The first-order chi connectivity index (χ1) is 17.7. The lowest BCUT2D eigenvalue weighted by molar-refractivity contribution is -0.148. The van der Waals surface area contributed by atoms with Crippen molar-refractivity contribution in [3.63, 3.8) is 0 Å². The third-order valence-corrected chi connectivity index (χ3v) is 6.87. The summed E-state index contributed by atoms with van der Waals surface area (Å²) in [6, 6.07) is 3.59. The molecular weight excluding hydrogens is 484 g/mol. The number of primary amides is 1. The number of nitrogens with zero attached hydrogens (tertiary/aromatic N) is 1. The van der Waals surface area contributed by atoms with Crippen molar-refractivity contribution in [2.24, 2.45) is 5.73 Å². The summed E-state index contributed by atoms with van der Waals surface area (Å²) in [7, 11) is 0. The minimum absolute atomic E-state index is 0.00410. The first-order valence-corrected chi connectivity index (χ1v) is 13.7. The van der Waals surface area contributed by atoms with Crippen LogP contribution < -0.4 is 16.4 Å². The number of aryl methyl sites for hydroxylation is 2. The lowest BCUT2D eigenvalue weighted by atomic mass is 9.87. The second-order valence-corrected chi connectivity index (χ2v) is 11.5. The normalized spacial score (nSPS) is 16.0. The van der Waals surface area contributed by atoms with Gasteiger partial charge in [-0.3, -0.25) is 14.4 Å². The Morgan fingerprint density at radius 3 is 2.24 bits per heavy atom. The maximum atomic E-state index is 14.2. The van der Waals surface area contributed by atoms with Gasteiger partial charge in [0.2, 0.25) is 17.7 Å². The van der Waals surface area contributed by atoms with Crippen molar-refractivity contribution in [1.82, 2.24) is 15.5 Å². The molecule has 0 spiro atoms. The average Bonchev–Trinajstić information content (AvgIpc) is 2.75. The fourth-order valence-corrected chi connectivity index (χ4v) is 4.56. The maximum absolute atomic E-state index is 14.2. The molecule has 1 fully saturated rings. The highest BCUT2D eigenvalue weighted by Gasteiger charge is 2.42. The van der Waals surface area contributed by atoms with E-state index in [9.17, 15) is 19.2 Å². The number of carbonyl (C=O) groups excluding carboxylic acids is 4. The third-order valence-electron chi connectivity index (χ3n) is 6.87. The van der Waals surface area contributed by atoms with Crippen LogP contribution in [0.25, 0.3) is 0 Å². The summed E-state index contributed by atoms with van der Waals surface area (Å²) in [6.07, 6.45) is 3.30. The van der Waals surface area contributed by atoms with Crippen LogP contribution in [0.3, 0.4) is 0 Å². The minimum Gasteiger partial charge on any atom is -0.444 e. The molecule has 9 nitrogen and oxygen atoms in total. The molecule has 0 radical (unpaired) electrons. The topological polar surface area (TPSA) is 131 Å². The van der Waals surface area contributed by atoms with Crippen LogP contribution in [0.15, 0.2) is 18.2 Å². The Morgan fingerprint density at radius 1 is 1.08 bits per heavy atom. The number of hydrogen-bond acceptors (Lipinski definition) is 5. The number of nitrogens with one attached hydrogen (secondary N) is 2. The summed E-state index contributed by atoms with van der Waals surface area (Å²) >= 11 is 0. The lowest BCUT2D eigenvalue weighted by Crippen LogP contribution is -2.58. The van der Waals surface area contributed by atoms with Crippen molar-refractivity contribution in [2.75, 3.05) is 0 Å². The summed E-state index contributed by atoms with van der Waals surface area (Å²) in [5.41, 5.74) is 7.42. The zero-order valence-electron chi connectivity index (χ0n) is 24.1. The molecule has 4 amide bonds. The molecule has 1 aliphatic rings. The van der Waals surface area contributed by atoms with Crippen LogP contribution in [0.5, 0.6) is 0 Å². The van der Waals surface area contributed by atoms with Crippen LogP contribution in [0.4, 0.5) is 4.79 Å². The number of hydrogen-bond donors (Lipinski definition) is 3. The van der Waals surface area contributed by atoms with E-state index in [2.05, 4.69) is 17.6 Å². The number of carbonyl (C=O) groups is 4. The van der Waals surface area contributed by atoms with Gasteiger partial charge in [0.15, 0.2) is 0 Å². The van der Waals surface area contributed by atoms with Gasteiger partial charge in [-0.1, -0.05) is 31.5 Å². The maximum Gasteiger partial charge on any atom is 0.408 e. The predicted molar refractivity (Wildman–Crippen MR) is 147 cm³/mol. The van der Waals surface area contributed by atoms with E-state index >= 15 is 0 Å². The van der Waals surface area contributed by atoms with Crippen LogP contribution in [-0.4, -0.2) is 52.4 Å². The molecule has 1 aromatic rings. The van der Waals surface area contributed by atoms with Gasteiger partial charge in [-0.2, -0.15) is 0 Å². The van der Waals surface area contributed by atoms with E-state index < -0.39 is 35.6 Å². The van der Waals surface area contributed by atoms with Gasteiger partial charge in [0.05, 0.1) is 0 Å². The first kappa shape index (κ1) is 31.1. The predicted octanol–water partition coefficient (Wildman–Crippen LogP) is 4.19. The van der Waals surface area contributed by atoms with Gasteiger partial charge in [0.1, 0.15) is 17.7 Å². The Balaban J connectivity index is 2.52. The van der Waals surface area contributed by atoms with E-state index in [0.717, 1.165) is 43.2 Å². The monoisotopic (exact) mass is 530 g/mol. The van der Waals surface area contributed by atoms with Crippen LogP contribution in [0.1, 0.15) is 102 Å². The van der Waals surface area contributed by atoms with Crippen molar-refractivity contribution in [1.29, 1.82) is 0 Å². The quantitative estimate of drug-likeness (QED) is 0.373. The zero-order valence-corrected chi connectivity index (χ0v) is 24.1. The second kappa shape index (κ2) is 13.6. The highest BCUT2D eigenvalue weighted by Crippen LogP contribution is 2.34. The van der Waals surface area contributed by atoms with E-state index in [1.165, 1.54) is 0 Å². The Kier molecular flexibility index (Phi) is 11.2. The summed E-state index contributed by atoms with van der Waals surface area (Å²) in [5, 5.41) is 5.74. The van der Waals surface area contributed by atoms with Crippen molar-refractivity contribution in [3.8, 4) is 0 Å². The summed E-state index contributed by atoms with van der Waals surface area (Å²) < 4.78 is 5.39. The molecule has 0 aliphatic heterocycles. The smallest absolute Gasteiger partial charge is 0.408 e. The van der Waals surface area contributed by atoms with Gasteiger partial charge in [-0.05, 0) is 90.3 Å². The molecule has 1 saturated carbocycles. The number of rotatable bonds is 12. The molecule has 4 N–H and O–H groups in total. The summed E-state index contributed by atoms with van der Waals surface area (Å²) in [6.45, 7) is 13.2. The highest BCUT2D eigenvalue weighted by atomic mass is 16.6. The number of ether oxygens (including phenoxy) is 1. The Morgan fingerprint density at radius 2 is 1.74 bits per heavy atom. The Hall–Kier alpha value is -3.10. The molecule has 212 valence electrons. The van der Waals surface area contributed by atoms with Crippen molar-refractivity contribution >= 4 is 23.8 Å². The van der Waals surface area contributed by atoms with Crippen molar-refractivity contribution < 1.29 is 23.9 Å². The van der Waals surface area contributed by atoms with Crippen LogP contribution >= 0.6 is 0 Å². The molecule has 38 heavy (non-hydrogen) atoms. The molecule has 0 heterocycles. The van der Waals surface area contributed by atoms with Gasteiger partial charge < -0.3 is 26.0 Å². The highest BCUT2D eigenvalue weighted by molar-refractivity contribution is 5.93. The molecule has 1 aliphatic carbocycles. The van der Waals surface area contributed by atoms with Gasteiger partial charge in [-0.15, -0.1) is 0 Å². The minimum atomic E-state index is -1.08. The Bertz CT molecular complexity index is 999. The van der Waals surface area contributed by atoms with E-state index in [-0.39, 0.29) is 30.8 Å². The average molecular weight is 531 g/mol. The summed E-state index contributed by atoms with van der Waals surface area (Å²) in [4.78, 5) is 53.9. The lowest BCUT2D eigenvalue weighted by Gasteiger charge is -2.44. The van der Waals surface area contributed by atoms with E-state index in [1.54, 1.807) is 25.7 Å². The molecule has 0 saturated heterocycles. The first-order valence-electron chi connectivity index (χ1n) is 13.7. The molecule has 9 heteroatoms. The summed E-state index contributed by atoms with van der Waals surface area (Å²) in [5.74, 6) is -1.27. The number of benzene rings is 1. The van der Waals surface area contributed by atoms with Gasteiger partial charge in [0.25, 0.3) is 0 Å². The second-order valence-electron chi connectivity index (χ2n) is 11.5. The standard InChI is InChI=1S/C29H46N4O5/c1-8-10-20(4)31-26(35)25(21-14-13-18(2)19(3)17-21)33(22-11-9-12-22)27(36)23(15-16-24(30)34)32-28(37)38-29(5,6)7/h13-14,17,20,22-23,25H,8-12,15-16H2,1-7H3,(H2,30,34)(H,31,35)(H,32,37). The number of nitrogens with two attached hydrogens (primary N) is 1. The zero-order chi connectivity index (χ0) is 28.6. The molecule has 0 aromatic heterocycles. The van der Waals surface area contributed by atoms with Crippen molar-refractivity contribution in [2.45, 2.75) is 123 Å². The van der Waals surface area contributed by atoms with E-state index in [1.807, 2.05) is 39.0 Å². The number of alkyl carbamates (subject to hydrolysis) is 1. The Labute approximate surface area is 227 Å². The van der Waals surface area contributed by atoms with Crippen LogP contribution in [0.2, 0.25) is 0 Å². The molecule has 3 unspecified atom stereocenters. The van der Waals surface area contributed by atoms with Gasteiger partial charge >= 0.3 is 6.09 Å². The molecule has 2 rings (SSSR count). The fourth-order valence-electron chi connectivity index (χ4n) is 4.56. The van der Waals surface area contributed by atoms with Gasteiger partial charge in [-0.25, -0.2) is 4.79 Å². The SMILES string of the molecule is CCCC(C)NC(=O)C(c1ccc(C)c(C)c1)N(C(=O)C(CCC(N)=O)NC(=O)OC(C)(C)C)C1CCC1. The largest absolute Gasteiger partial charge is 0.444 e. The van der Waals surface area contributed by atoms with Crippen LogP contribution in [-0.2, 0) is 19.1 Å². The number of amides is 4. The molecular formula is C29H46N4O5. The van der Waals surface area contributed by atoms with E-state index in [0.29, 0.717) is 5.56 Å². The van der Waals surface area contributed by atoms with Gasteiger partial charge in [0, 0.05) is 18.5 Å². The van der Waals surface area contributed by atoms with Crippen molar-refractivity contribution in [3.05, 3.63) is 34.9 Å². The molecule has 0 bridgehead atoms. The van der Waals surface area contributed by atoms with Crippen LogP contribution in [0, 0.1) is 13.8 Å². The van der Waals surface area contributed by atoms with E-state index in [4.69, 9.17) is 10.5 Å².